The maximum atomic E-state index is 13.2. The quantitative estimate of drug-likeness (QED) is 0.726. The Morgan fingerprint density at radius 3 is 2.37 bits per heavy atom. The van der Waals surface area contributed by atoms with Crippen LogP contribution in [0.15, 0.2) is 67.0 Å². The van der Waals surface area contributed by atoms with Gasteiger partial charge in [0.2, 0.25) is 0 Å². The fraction of sp³-hybridized carbons (Fsp3) is 0.0952. The Morgan fingerprint density at radius 2 is 1.67 bits per heavy atom. The highest BCUT2D eigenvalue weighted by Gasteiger charge is 2.12. The van der Waals surface area contributed by atoms with Crippen LogP contribution < -0.4 is 10.6 Å². The minimum Gasteiger partial charge on any atom is -0.348 e. The Bertz CT molecular complexity index is 971. The van der Waals surface area contributed by atoms with Crippen molar-refractivity contribution in [2.45, 2.75) is 13.5 Å². The lowest BCUT2D eigenvalue weighted by Gasteiger charge is -2.08. The first-order chi connectivity index (χ1) is 13.0. The molecule has 2 aromatic carbocycles. The summed E-state index contributed by atoms with van der Waals surface area (Å²) >= 11 is 0. The molecule has 2 amide bonds. The lowest BCUT2D eigenvalue weighted by Crippen LogP contribution is -2.23. The molecule has 0 aliphatic heterocycles. The highest BCUT2D eigenvalue weighted by Crippen LogP contribution is 2.12. The fourth-order valence-electron chi connectivity index (χ4n) is 2.45. The third-order valence-corrected chi connectivity index (χ3v) is 3.92. The van der Waals surface area contributed by atoms with E-state index in [0.717, 1.165) is 11.1 Å². The summed E-state index contributed by atoms with van der Waals surface area (Å²) in [4.78, 5) is 28.6. The van der Waals surface area contributed by atoms with Gasteiger partial charge in [-0.2, -0.15) is 0 Å². The van der Waals surface area contributed by atoms with E-state index in [0.29, 0.717) is 12.2 Å². The highest BCUT2D eigenvalue weighted by molar-refractivity contribution is 6.05. The lowest BCUT2D eigenvalue weighted by atomic mass is 10.1. The zero-order valence-corrected chi connectivity index (χ0v) is 14.7. The summed E-state index contributed by atoms with van der Waals surface area (Å²) in [6.45, 7) is 2.37. The van der Waals surface area contributed by atoms with Crippen molar-refractivity contribution in [3.05, 3.63) is 95.1 Å². The first-order valence-corrected chi connectivity index (χ1v) is 8.37. The van der Waals surface area contributed by atoms with Crippen molar-refractivity contribution in [2.75, 3.05) is 5.32 Å². The fourth-order valence-corrected chi connectivity index (χ4v) is 2.45. The number of carbonyl (C=O) groups excluding carboxylic acids is 2. The summed E-state index contributed by atoms with van der Waals surface area (Å²) in [5.74, 6) is -1.25. The van der Waals surface area contributed by atoms with Crippen LogP contribution in [-0.2, 0) is 6.54 Å². The number of pyridine rings is 1. The normalized spacial score (nSPS) is 10.3. The van der Waals surface area contributed by atoms with Crippen molar-refractivity contribution in [3.8, 4) is 0 Å². The van der Waals surface area contributed by atoms with Crippen LogP contribution >= 0.6 is 0 Å². The lowest BCUT2D eigenvalue weighted by molar-refractivity contribution is 0.0950. The number of hydrogen-bond donors (Lipinski definition) is 2. The van der Waals surface area contributed by atoms with Crippen LogP contribution in [0.1, 0.15) is 31.8 Å². The van der Waals surface area contributed by atoms with E-state index in [-0.39, 0.29) is 17.0 Å². The van der Waals surface area contributed by atoms with E-state index in [2.05, 4.69) is 15.6 Å². The average molecular weight is 363 g/mol. The molecule has 0 spiro atoms. The molecule has 5 nitrogen and oxygen atoms in total. The Balaban J connectivity index is 1.66. The van der Waals surface area contributed by atoms with Gasteiger partial charge in [0.15, 0.2) is 0 Å². The van der Waals surface area contributed by atoms with E-state index in [9.17, 15) is 14.0 Å². The van der Waals surface area contributed by atoms with Gasteiger partial charge in [-0.05, 0) is 36.8 Å². The van der Waals surface area contributed by atoms with E-state index in [1.165, 1.54) is 36.7 Å². The van der Waals surface area contributed by atoms with Gasteiger partial charge >= 0.3 is 0 Å². The number of anilines is 1. The SMILES string of the molecule is Cc1ccc(CNC(=O)c2cncc(C(=O)Nc3cccc(F)c3)c2)cc1. The van der Waals surface area contributed by atoms with Crippen molar-refractivity contribution in [3.63, 3.8) is 0 Å². The Morgan fingerprint density at radius 1 is 0.963 bits per heavy atom. The molecule has 2 N–H and O–H groups in total. The second-order valence-corrected chi connectivity index (χ2v) is 6.10. The molecule has 0 bridgehead atoms. The van der Waals surface area contributed by atoms with Crippen molar-refractivity contribution in [1.29, 1.82) is 0 Å². The van der Waals surface area contributed by atoms with Gasteiger partial charge in [-0.25, -0.2) is 4.39 Å². The number of rotatable bonds is 5. The predicted octanol–water partition coefficient (Wildman–Crippen LogP) is 3.71. The minimum absolute atomic E-state index is 0.210. The molecule has 0 fully saturated rings. The van der Waals surface area contributed by atoms with Gasteiger partial charge in [-0.15, -0.1) is 0 Å². The van der Waals surface area contributed by atoms with Crippen molar-refractivity contribution < 1.29 is 14.0 Å². The number of aromatic nitrogens is 1. The molecule has 1 aromatic heterocycles. The number of carbonyl (C=O) groups is 2. The van der Waals surface area contributed by atoms with Crippen LogP contribution in [0.5, 0.6) is 0 Å². The van der Waals surface area contributed by atoms with Crippen molar-refractivity contribution >= 4 is 17.5 Å². The summed E-state index contributed by atoms with van der Waals surface area (Å²) in [6, 6.07) is 14.9. The Labute approximate surface area is 156 Å². The molecule has 136 valence electrons. The molecule has 3 aromatic rings. The predicted molar refractivity (Wildman–Crippen MR) is 101 cm³/mol. The van der Waals surface area contributed by atoms with Crippen LogP contribution in [0.25, 0.3) is 0 Å². The number of amides is 2. The summed E-state index contributed by atoms with van der Waals surface area (Å²) < 4.78 is 13.2. The highest BCUT2D eigenvalue weighted by atomic mass is 19.1. The molecule has 0 radical (unpaired) electrons. The molecule has 1 heterocycles. The van der Waals surface area contributed by atoms with E-state index >= 15 is 0 Å². The van der Waals surface area contributed by atoms with Gasteiger partial charge < -0.3 is 10.6 Å². The summed E-state index contributed by atoms with van der Waals surface area (Å²) in [5, 5.41) is 5.38. The number of halogens is 1. The van der Waals surface area contributed by atoms with E-state index < -0.39 is 11.7 Å². The molecule has 3 rings (SSSR count). The van der Waals surface area contributed by atoms with Gasteiger partial charge in [-0.3, -0.25) is 14.6 Å². The number of hydrogen-bond acceptors (Lipinski definition) is 3. The zero-order valence-electron chi connectivity index (χ0n) is 14.7. The largest absolute Gasteiger partial charge is 0.348 e. The van der Waals surface area contributed by atoms with Crippen LogP contribution in [0.4, 0.5) is 10.1 Å². The Kier molecular flexibility index (Phi) is 5.56. The average Bonchev–Trinajstić information content (AvgIpc) is 2.67. The molecule has 27 heavy (non-hydrogen) atoms. The Hall–Kier alpha value is -3.54. The van der Waals surface area contributed by atoms with Gasteiger partial charge in [0.25, 0.3) is 11.8 Å². The van der Waals surface area contributed by atoms with E-state index in [1.807, 2.05) is 31.2 Å². The standard InChI is InChI=1S/C21H18FN3O2/c1-14-5-7-15(8-6-14)11-24-20(26)16-9-17(13-23-12-16)21(27)25-19-4-2-3-18(22)10-19/h2-10,12-13H,11H2,1H3,(H,24,26)(H,25,27). The van der Waals surface area contributed by atoms with Gasteiger partial charge in [-0.1, -0.05) is 35.9 Å². The van der Waals surface area contributed by atoms with Crippen molar-refractivity contribution in [1.82, 2.24) is 10.3 Å². The molecule has 0 aliphatic rings. The van der Waals surface area contributed by atoms with Gasteiger partial charge in [0, 0.05) is 24.6 Å². The maximum absolute atomic E-state index is 13.2. The summed E-state index contributed by atoms with van der Waals surface area (Å²) in [6.07, 6.45) is 2.74. The molecular weight excluding hydrogens is 345 g/mol. The smallest absolute Gasteiger partial charge is 0.257 e. The molecule has 0 saturated heterocycles. The first-order valence-electron chi connectivity index (χ1n) is 8.37. The number of nitrogens with one attached hydrogen (secondary N) is 2. The van der Waals surface area contributed by atoms with E-state index in [4.69, 9.17) is 0 Å². The topological polar surface area (TPSA) is 71.1 Å². The second kappa shape index (κ2) is 8.23. The monoisotopic (exact) mass is 363 g/mol. The molecule has 0 unspecified atom stereocenters. The number of nitrogens with zero attached hydrogens (tertiary/aromatic N) is 1. The second-order valence-electron chi connectivity index (χ2n) is 6.10. The molecular formula is C21H18FN3O2. The first kappa shape index (κ1) is 18.3. The molecule has 0 saturated carbocycles. The zero-order chi connectivity index (χ0) is 19.2. The van der Waals surface area contributed by atoms with Crippen molar-refractivity contribution in [2.24, 2.45) is 0 Å². The molecule has 6 heteroatoms. The third-order valence-electron chi connectivity index (χ3n) is 3.92. The van der Waals surface area contributed by atoms with Crippen LogP contribution in [0, 0.1) is 12.7 Å². The molecule has 0 aliphatic carbocycles. The minimum atomic E-state index is -0.471. The van der Waals surface area contributed by atoms with Crippen LogP contribution in [0.3, 0.4) is 0 Å². The number of aryl methyl sites for hydroxylation is 1. The van der Waals surface area contributed by atoms with Crippen LogP contribution in [-0.4, -0.2) is 16.8 Å². The van der Waals surface area contributed by atoms with E-state index in [1.54, 1.807) is 6.07 Å². The van der Waals surface area contributed by atoms with Crippen LogP contribution in [0.2, 0.25) is 0 Å². The maximum Gasteiger partial charge on any atom is 0.257 e. The summed E-state index contributed by atoms with van der Waals surface area (Å²) in [7, 11) is 0. The molecule has 0 atom stereocenters. The van der Waals surface area contributed by atoms with Gasteiger partial charge in [0.05, 0.1) is 11.1 Å². The summed E-state index contributed by atoms with van der Waals surface area (Å²) in [5.41, 5.74) is 2.93. The van der Waals surface area contributed by atoms with Gasteiger partial charge in [0.1, 0.15) is 5.82 Å². The number of benzene rings is 2. The third kappa shape index (κ3) is 4.98.